The van der Waals surface area contributed by atoms with Crippen molar-refractivity contribution < 1.29 is 9.84 Å². The molecule has 1 aliphatic heterocycles. The number of ether oxygens (including phenoxy) is 1. The van der Waals surface area contributed by atoms with Crippen molar-refractivity contribution in [3.8, 4) is 11.5 Å². The summed E-state index contributed by atoms with van der Waals surface area (Å²) in [5.41, 5.74) is 0.853. The van der Waals surface area contributed by atoms with E-state index >= 15 is 0 Å². The minimum Gasteiger partial charge on any atom is -0.504 e. The zero-order valence-corrected chi connectivity index (χ0v) is 13.2. The normalized spacial score (nSPS) is 16.4. The van der Waals surface area contributed by atoms with Gasteiger partial charge < -0.3 is 15.2 Å². The van der Waals surface area contributed by atoms with Gasteiger partial charge in [0.2, 0.25) is 0 Å². The molecule has 20 heavy (non-hydrogen) atoms. The third-order valence-electron chi connectivity index (χ3n) is 3.34. The number of piperazine rings is 1. The first-order chi connectivity index (χ1) is 8.77. The summed E-state index contributed by atoms with van der Waals surface area (Å²) in [4.78, 5) is 2.30. The molecule has 0 aromatic heterocycles. The van der Waals surface area contributed by atoms with Crippen LogP contribution in [-0.4, -0.2) is 43.3 Å². The number of nitrogens with zero attached hydrogens (tertiary/aromatic N) is 1. The van der Waals surface area contributed by atoms with E-state index in [-0.39, 0.29) is 36.6 Å². The lowest BCUT2D eigenvalue weighted by Gasteiger charge is -2.33. The standard InChI is InChI=1S/C14H20N2O2.2ClH/c1-3-12(16-9-7-15-8-10-16)11-5-4-6-13(18-2)14(11)17;;/h3-6,12,15,17H,1,7-10H2,2H3;2*1H/t12-;;/m1../s1. The van der Waals surface area contributed by atoms with Crippen LogP contribution < -0.4 is 10.1 Å². The monoisotopic (exact) mass is 320 g/mol. The lowest BCUT2D eigenvalue weighted by molar-refractivity contribution is 0.200. The molecule has 0 bridgehead atoms. The highest BCUT2D eigenvalue weighted by atomic mass is 35.5. The van der Waals surface area contributed by atoms with Crippen molar-refractivity contribution in [2.45, 2.75) is 6.04 Å². The topological polar surface area (TPSA) is 44.7 Å². The summed E-state index contributed by atoms with van der Waals surface area (Å²) >= 11 is 0. The predicted octanol–water partition coefficient (Wildman–Crippen LogP) is 2.38. The zero-order chi connectivity index (χ0) is 13.0. The van der Waals surface area contributed by atoms with Gasteiger partial charge in [0, 0.05) is 31.7 Å². The lowest BCUT2D eigenvalue weighted by atomic mass is 10.0. The van der Waals surface area contributed by atoms with Crippen LogP contribution in [0.25, 0.3) is 0 Å². The zero-order valence-electron chi connectivity index (χ0n) is 11.5. The SMILES string of the molecule is C=C[C@H](c1cccc(OC)c1O)N1CCNCC1.Cl.Cl. The van der Waals surface area contributed by atoms with E-state index in [0.29, 0.717) is 5.75 Å². The largest absolute Gasteiger partial charge is 0.504 e. The minimum atomic E-state index is 0. The first-order valence-electron chi connectivity index (χ1n) is 6.21. The van der Waals surface area contributed by atoms with Crippen LogP contribution in [0.2, 0.25) is 0 Å². The van der Waals surface area contributed by atoms with E-state index in [2.05, 4.69) is 16.8 Å². The Morgan fingerprint density at radius 2 is 2.00 bits per heavy atom. The Hall–Kier alpha value is -0.940. The Morgan fingerprint density at radius 3 is 2.55 bits per heavy atom. The lowest BCUT2D eigenvalue weighted by Crippen LogP contribution is -2.44. The summed E-state index contributed by atoms with van der Waals surface area (Å²) in [7, 11) is 1.56. The van der Waals surface area contributed by atoms with Gasteiger partial charge in [-0.2, -0.15) is 0 Å². The molecule has 2 N–H and O–H groups in total. The van der Waals surface area contributed by atoms with E-state index < -0.39 is 0 Å². The number of halogens is 2. The smallest absolute Gasteiger partial charge is 0.162 e. The summed E-state index contributed by atoms with van der Waals surface area (Å²) in [6, 6.07) is 5.61. The van der Waals surface area contributed by atoms with Crippen molar-refractivity contribution >= 4 is 24.8 Å². The maximum Gasteiger partial charge on any atom is 0.162 e. The number of phenols is 1. The Balaban J connectivity index is 0.00000180. The van der Waals surface area contributed by atoms with Crippen LogP contribution in [0.1, 0.15) is 11.6 Å². The molecule has 4 nitrogen and oxygen atoms in total. The Labute approximate surface area is 132 Å². The number of benzene rings is 1. The summed E-state index contributed by atoms with van der Waals surface area (Å²) in [5.74, 6) is 0.720. The van der Waals surface area contributed by atoms with Crippen molar-refractivity contribution in [2.75, 3.05) is 33.3 Å². The van der Waals surface area contributed by atoms with Gasteiger partial charge in [-0.15, -0.1) is 31.4 Å². The van der Waals surface area contributed by atoms with Crippen LogP contribution >= 0.6 is 24.8 Å². The fraction of sp³-hybridized carbons (Fsp3) is 0.429. The van der Waals surface area contributed by atoms with Crippen molar-refractivity contribution in [3.05, 3.63) is 36.4 Å². The average molecular weight is 321 g/mol. The molecular weight excluding hydrogens is 299 g/mol. The molecule has 0 amide bonds. The number of methoxy groups -OCH3 is 1. The number of para-hydroxylation sites is 1. The van der Waals surface area contributed by atoms with Gasteiger partial charge in [-0.3, -0.25) is 4.90 Å². The molecule has 114 valence electrons. The first-order valence-corrected chi connectivity index (χ1v) is 6.21. The van der Waals surface area contributed by atoms with Crippen LogP contribution in [0, 0.1) is 0 Å². The van der Waals surface area contributed by atoms with Crippen LogP contribution in [0.3, 0.4) is 0 Å². The van der Waals surface area contributed by atoms with Gasteiger partial charge in [0.1, 0.15) is 0 Å². The molecule has 0 saturated carbocycles. The van der Waals surface area contributed by atoms with Gasteiger partial charge in [-0.1, -0.05) is 18.2 Å². The van der Waals surface area contributed by atoms with Gasteiger partial charge in [-0.05, 0) is 6.07 Å². The van der Waals surface area contributed by atoms with Crippen LogP contribution in [0.5, 0.6) is 11.5 Å². The summed E-state index contributed by atoms with van der Waals surface area (Å²) in [6.45, 7) is 7.73. The second kappa shape index (κ2) is 9.08. The molecule has 1 atom stereocenters. The highest BCUT2D eigenvalue weighted by Gasteiger charge is 2.23. The van der Waals surface area contributed by atoms with E-state index in [1.807, 2.05) is 18.2 Å². The first kappa shape index (κ1) is 19.1. The van der Waals surface area contributed by atoms with Crippen molar-refractivity contribution in [1.29, 1.82) is 0 Å². The third kappa shape index (κ3) is 4.03. The average Bonchev–Trinajstić information content (AvgIpc) is 2.43. The van der Waals surface area contributed by atoms with E-state index in [1.165, 1.54) is 0 Å². The summed E-state index contributed by atoms with van der Waals surface area (Å²) < 4.78 is 5.15. The molecule has 1 heterocycles. The second-order valence-corrected chi connectivity index (χ2v) is 4.36. The van der Waals surface area contributed by atoms with Crippen LogP contribution in [-0.2, 0) is 0 Å². The maximum absolute atomic E-state index is 10.2. The molecule has 1 saturated heterocycles. The fourth-order valence-electron chi connectivity index (χ4n) is 2.38. The number of phenolic OH excluding ortho intramolecular Hbond substituents is 1. The highest BCUT2D eigenvalue weighted by Crippen LogP contribution is 2.36. The van der Waals surface area contributed by atoms with Gasteiger partial charge in [0.15, 0.2) is 11.5 Å². The number of aromatic hydroxyl groups is 1. The predicted molar refractivity (Wildman–Crippen MR) is 86.5 cm³/mol. The number of rotatable bonds is 4. The van der Waals surface area contributed by atoms with Crippen molar-refractivity contribution in [1.82, 2.24) is 10.2 Å². The van der Waals surface area contributed by atoms with Crippen LogP contribution in [0.4, 0.5) is 0 Å². The quantitative estimate of drug-likeness (QED) is 0.836. The molecule has 1 fully saturated rings. The Kier molecular flexibility index (Phi) is 8.65. The molecule has 0 unspecified atom stereocenters. The van der Waals surface area contributed by atoms with E-state index in [1.54, 1.807) is 13.2 Å². The van der Waals surface area contributed by atoms with Crippen molar-refractivity contribution in [2.24, 2.45) is 0 Å². The molecule has 1 aliphatic rings. The summed E-state index contributed by atoms with van der Waals surface area (Å²) in [5, 5.41) is 13.5. The number of hydrogen-bond acceptors (Lipinski definition) is 4. The van der Waals surface area contributed by atoms with E-state index in [4.69, 9.17) is 4.74 Å². The third-order valence-corrected chi connectivity index (χ3v) is 3.34. The molecule has 1 aromatic rings. The van der Waals surface area contributed by atoms with E-state index in [9.17, 15) is 5.11 Å². The molecule has 1 aromatic carbocycles. The van der Waals surface area contributed by atoms with Crippen molar-refractivity contribution in [3.63, 3.8) is 0 Å². The highest BCUT2D eigenvalue weighted by molar-refractivity contribution is 5.85. The Bertz CT molecular complexity index is 424. The maximum atomic E-state index is 10.2. The molecule has 0 radical (unpaired) electrons. The van der Waals surface area contributed by atoms with Gasteiger partial charge in [-0.25, -0.2) is 0 Å². The summed E-state index contributed by atoms with van der Waals surface area (Å²) in [6.07, 6.45) is 1.87. The second-order valence-electron chi connectivity index (χ2n) is 4.36. The molecule has 0 aliphatic carbocycles. The molecule has 0 spiro atoms. The van der Waals surface area contributed by atoms with Gasteiger partial charge >= 0.3 is 0 Å². The van der Waals surface area contributed by atoms with Gasteiger partial charge in [0.05, 0.1) is 13.2 Å². The van der Waals surface area contributed by atoms with Crippen LogP contribution in [0.15, 0.2) is 30.9 Å². The molecule has 2 rings (SSSR count). The molecule has 6 heteroatoms. The number of nitrogens with one attached hydrogen (secondary N) is 1. The van der Waals surface area contributed by atoms with Gasteiger partial charge in [0.25, 0.3) is 0 Å². The Morgan fingerprint density at radius 1 is 1.35 bits per heavy atom. The van der Waals surface area contributed by atoms with E-state index in [0.717, 1.165) is 31.7 Å². The number of hydrogen-bond donors (Lipinski definition) is 2. The molecular formula is C14H22Cl2N2O2. The fourth-order valence-corrected chi connectivity index (χ4v) is 2.38. The minimum absolute atomic E-state index is 0.